The van der Waals surface area contributed by atoms with Gasteiger partial charge in [0.05, 0.1) is 15.1 Å². The third-order valence-electron chi connectivity index (χ3n) is 5.21. The predicted octanol–water partition coefficient (Wildman–Crippen LogP) is 4.42. The van der Waals surface area contributed by atoms with Gasteiger partial charge in [-0.25, -0.2) is 13.4 Å². The Morgan fingerprint density at radius 3 is 2.83 bits per heavy atom. The van der Waals surface area contributed by atoms with Gasteiger partial charge in [-0.2, -0.15) is 4.31 Å². The van der Waals surface area contributed by atoms with E-state index in [-0.39, 0.29) is 16.8 Å². The average molecular weight is 430 g/mol. The van der Waals surface area contributed by atoms with E-state index in [0.717, 1.165) is 35.0 Å². The lowest BCUT2D eigenvalue weighted by molar-refractivity contribution is 0.102. The fourth-order valence-corrected chi connectivity index (χ4v) is 6.32. The van der Waals surface area contributed by atoms with E-state index in [1.54, 1.807) is 22.5 Å². The van der Waals surface area contributed by atoms with Crippen molar-refractivity contribution in [1.29, 1.82) is 0 Å². The summed E-state index contributed by atoms with van der Waals surface area (Å²) in [5.74, 6) is -0.371. The maximum atomic E-state index is 13.1. The number of rotatable bonds is 4. The number of sulfonamides is 1. The van der Waals surface area contributed by atoms with Crippen molar-refractivity contribution in [1.82, 2.24) is 9.29 Å². The van der Waals surface area contributed by atoms with Crippen molar-refractivity contribution >= 4 is 42.6 Å². The maximum absolute atomic E-state index is 13.1. The molecule has 1 unspecified atom stereocenters. The van der Waals surface area contributed by atoms with Crippen LogP contribution in [0.25, 0.3) is 10.2 Å². The van der Waals surface area contributed by atoms with Crippen LogP contribution in [-0.2, 0) is 10.0 Å². The van der Waals surface area contributed by atoms with Gasteiger partial charge in [0.2, 0.25) is 10.0 Å². The van der Waals surface area contributed by atoms with E-state index in [1.807, 2.05) is 32.0 Å². The standard InChI is InChI=1S/C21H23N3O3S2/c1-14-9-10-18-19(12-14)28-21(22-18)23-20(25)16-7-5-8-17(13-16)29(26,27)24-11-4-3-6-15(24)2/h5,7-10,12-13,15H,3-4,6,11H2,1-2H3,(H,22,23,25). The molecule has 3 aromatic rings. The highest BCUT2D eigenvalue weighted by molar-refractivity contribution is 7.89. The zero-order valence-electron chi connectivity index (χ0n) is 16.4. The highest BCUT2D eigenvalue weighted by atomic mass is 32.2. The molecule has 0 saturated carbocycles. The molecule has 0 radical (unpaired) electrons. The van der Waals surface area contributed by atoms with Crippen LogP contribution < -0.4 is 5.32 Å². The Bertz CT molecular complexity index is 1170. The fraction of sp³-hybridized carbons (Fsp3) is 0.333. The summed E-state index contributed by atoms with van der Waals surface area (Å²) in [5, 5.41) is 3.29. The van der Waals surface area contributed by atoms with Crippen molar-refractivity contribution < 1.29 is 13.2 Å². The molecule has 1 saturated heterocycles. The van der Waals surface area contributed by atoms with Crippen LogP contribution in [0.4, 0.5) is 5.13 Å². The van der Waals surface area contributed by atoms with Crippen molar-refractivity contribution in [2.75, 3.05) is 11.9 Å². The molecule has 1 aromatic heterocycles. The zero-order valence-corrected chi connectivity index (χ0v) is 18.0. The molecule has 1 aliphatic rings. The van der Waals surface area contributed by atoms with Crippen LogP contribution in [-0.4, -0.2) is 36.2 Å². The van der Waals surface area contributed by atoms with Gasteiger partial charge in [-0.1, -0.05) is 29.9 Å². The third kappa shape index (κ3) is 4.05. The SMILES string of the molecule is Cc1ccc2nc(NC(=O)c3cccc(S(=O)(=O)N4CCCCC4C)c3)sc2c1. The van der Waals surface area contributed by atoms with E-state index < -0.39 is 10.0 Å². The summed E-state index contributed by atoms with van der Waals surface area (Å²) in [6.07, 6.45) is 2.76. The molecule has 6 nitrogen and oxygen atoms in total. The van der Waals surface area contributed by atoms with Gasteiger partial charge < -0.3 is 0 Å². The Morgan fingerprint density at radius 2 is 2.03 bits per heavy atom. The summed E-state index contributed by atoms with van der Waals surface area (Å²) in [5.41, 5.74) is 2.25. The number of fused-ring (bicyclic) bond motifs is 1. The van der Waals surface area contributed by atoms with E-state index in [2.05, 4.69) is 10.3 Å². The maximum Gasteiger partial charge on any atom is 0.257 e. The molecule has 2 aromatic carbocycles. The van der Waals surface area contributed by atoms with E-state index >= 15 is 0 Å². The molecule has 8 heteroatoms. The summed E-state index contributed by atoms with van der Waals surface area (Å²) in [4.78, 5) is 17.3. The quantitative estimate of drug-likeness (QED) is 0.666. The lowest BCUT2D eigenvalue weighted by Gasteiger charge is -2.32. The average Bonchev–Trinajstić information content (AvgIpc) is 3.09. The van der Waals surface area contributed by atoms with Crippen LogP contribution in [0.5, 0.6) is 0 Å². The molecular formula is C21H23N3O3S2. The summed E-state index contributed by atoms with van der Waals surface area (Å²) < 4.78 is 28.7. The fourth-order valence-electron chi connectivity index (χ4n) is 3.62. The number of carbonyl (C=O) groups is 1. The van der Waals surface area contributed by atoms with E-state index in [4.69, 9.17) is 0 Å². The second-order valence-electron chi connectivity index (χ2n) is 7.43. The molecule has 0 aliphatic carbocycles. The number of nitrogens with zero attached hydrogens (tertiary/aromatic N) is 2. The molecule has 1 amide bonds. The Morgan fingerprint density at radius 1 is 1.21 bits per heavy atom. The lowest BCUT2D eigenvalue weighted by atomic mass is 10.1. The lowest BCUT2D eigenvalue weighted by Crippen LogP contribution is -2.41. The Kier molecular flexibility index (Phi) is 5.42. The van der Waals surface area contributed by atoms with Gasteiger partial charge in [-0.15, -0.1) is 0 Å². The first kappa shape index (κ1) is 20.0. The normalized spacial score (nSPS) is 18.1. The van der Waals surface area contributed by atoms with Crippen LogP contribution in [0.2, 0.25) is 0 Å². The Hall–Kier alpha value is -2.29. The van der Waals surface area contributed by atoms with Gasteiger partial charge in [0, 0.05) is 18.2 Å². The number of benzene rings is 2. The van der Waals surface area contributed by atoms with Gasteiger partial charge >= 0.3 is 0 Å². The number of hydrogen-bond donors (Lipinski definition) is 1. The van der Waals surface area contributed by atoms with Crippen LogP contribution >= 0.6 is 11.3 Å². The molecule has 1 atom stereocenters. The molecule has 2 heterocycles. The first-order valence-electron chi connectivity index (χ1n) is 9.65. The minimum atomic E-state index is -3.63. The largest absolute Gasteiger partial charge is 0.298 e. The molecule has 1 aliphatic heterocycles. The number of carbonyl (C=O) groups excluding carboxylic acids is 1. The second-order valence-corrected chi connectivity index (χ2v) is 10.4. The molecule has 0 spiro atoms. The first-order valence-corrected chi connectivity index (χ1v) is 11.9. The highest BCUT2D eigenvalue weighted by Gasteiger charge is 2.31. The van der Waals surface area contributed by atoms with Crippen LogP contribution in [0, 0.1) is 6.92 Å². The summed E-state index contributed by atoms with van der Waals surface area (Å²) in [6.45, 7) is 4.46. The number of amides is 1. The summed E-state index contributed by atoms with van der Waals surface area (Å²) in [7, 11) is -3.63. The van der Waals surface area contributed by atoms with Gasteiger partial charge in [0.25, 0.3) is 5.91 Å². The summed E-state index contributed by atoms with van der Waals surface area (Å²) >= 11 is 1.40. The van der Waals surface area contributed by atoms with Crippen molar-refractivity contribution in [2.45, 2.75) is 44.0 Å². The van der Waals surface area contributed by atoms with Gasteiger partial charge in [-0.05, 0) is 62.6 Å². The number of hydrogen-bond acceptors (Lipinski definition) is 5. The van der Waals surface area contributed by atoms with Crippen LogP contribution in [0.1, 0.15) is 42.1 Å². The number of aryl methyl sites for hydroxylation is 1. The van der Waals surface area contributed by atoms with E-state index in [0.29, 0.717) is 17.2 Å². The molecular weight excluding hydrogens is 406 g/mol. The Balaban J connectivity index is 1.58. The van der Waals surface area contributed by atoms with Crippen molar-refractivity contribution in [3.63, 3.8) is 0 Å². The number of anilines is 1. The number of thiazole rings is 1. The number of aromatic nitrogens is 1. The van der Waals surface area contributed by atoms with Crippen molar-refractivity contribution in [3.8, 4) is 0 Å². The molecule has 4 rings (SSSR count). The number of nitrogens with one attached hydrogen (secondary N) is 1. The molecule has 1 N–H and O–H groups in total. The number of piperidine rings is 1. The highest BCUT2D eigenvalue weighted by Crippen LogP contribution is 2.28. The van der Waals surface area contributed by atoms with Gasteiger partial charge in [-0.3, -0.25) is 10.1 Å². The molecule has 0 bridgehead atoms. The Labute approximate surface area is 174 Å². The minimum absolute atomic E-state index is 0.0302. The van der Waals surface area contributed by atoms with E-state index in [1.165, 1.54) is 17.4 Å². The van der Waals surface area contributed by atoms with E-state index in [9.17, 15) is 13.2 Å². The van der Waals surface area contributed by atoms with Gasteiger partial charge in [0.1, 0.15) is 0 Å². The second kappa shape index (κ2) is 7.85. The molecule has 152 valence electrons. The van der Waals surface area contributed by atoms with Crippen molar-refractivity contribution in [2.24, 2.45) is 0 Å². The molecule has 1 fully saturated rings. The zero-order chi connectivity index (χ0) is 20.6. The van der Waals surface area contributed by atoms with Gasteiger partial charge in [0.15, 0.2) is 5.13 Å². The monoisotopic (exact) mass is 429 g/mol. The van der Waals surface area contributed by atoms with Crippen LogP contribution in [0.3, 0.4) is 0 Å². The third-order valence-corrected chi connectivity index (χ3v) is 8.15. The summed E-state index contributed by atoms with van der Waals surface area (Å²) in [6, 6.07) is 12.1. The topological polar surface area (TPSA) is 79.4 Å². The smallest absolute Gasteiger partial charge is 0.257 e. The van der Waals surface area contributed by atoms with Crippen LogP contribution in [0.15, 0.2) is 47.4 Å². The first-order chi connectivity index (χ1) is 13.8. The minimum Gasteiger partial charge on any atom is -0.298 e. The molecule has 29 heavy (non-hydrogen) atoms. The van der Waals surface area contributed by atoms with Crippen molar-refractivity contribution in [3.05, 3.63) is 53.6 Å². The predicted molar refractivity (Wildman–Crippen MR) is 116 cm³/mol.